The summed E-state index contributed by atoms with van der Waals surface area (Å²) in [6.07, 6.45) is 3.22. The summed E-state index contributed by atoms with van der Waals surface area (Å²) < 4.78 is 0. The Kier molecular flexibility index (Phi) is 3.97. The highest BCUT2D eigenvalue weighted by atomic mass is 16.4. The van der Waals surface area contributed by atoms with Gasteiger partial charge in [-0.05, 0) is 31.4 Å². The number of carboxylic acids is 1. The van der Waals surface area contributed by atoms with Gasteiger partial charge in [0.05, 0.1) is 5.56 Å². The van der Waals surface area contributed by atoms with Crippen molar-refractivity contribution in [3.63, 3.8) is 0 Å². The molecule has 1 aliphatic heterocycles. The van der Waals surface area contributed by atoms with Gasteiger partial charge in [-0.25, -0.2) is 4.79 Å². The normalized spacial score (nSPS) is 18.6. The van der Waals surface area contributed by atoms with E-state index < -0.39 is 23.8 Å². The van der Waals surface area contributed by atoms with Crippen molar-refractivity contribution in [3.8, 4) is 0 Å². The van der Waals surface area contributed by atoms with Crippen LogP contribution in [0.5, 0.6) is 0 Å². The van der Waals surface area contributed by atoms with E-state index in [1.54, 1.807) is 0 Å². The summed E-state index contributed by atoms with van der Waals surface area (Å²) in [5.41, 5.74) is 5.41. The van der Waals surface area contributed by atoms with E-state index in [0.717, 1.165) is 12.8 Å². The Hall–Kier alpha value is -2.44. The number of likely N-dealkylation sites (tertiary alicyclic amines) is 1. The number of hydrogen-bond acceptors (Lipinski definition) is 4. The number of rotatable bonds is 3. The molecule has 2 heterocycles. The Morgan fingerprint density at radius 3 is 2.60 bits per heavy atom. The zero-order chi connectivity index (χ0) is 14.7. The molecule has 1 aromatic rings. The number of carbonyl (C=O) groups is 3. The number of aliphatic carboxylic acids is 1. The lowest BCUT2D eigenvalue weighted by atomic mass is 10.0. The molecule has 0 aromatic carbocycles. The Morgan fingerprint density at radius 2 is 2.05 bits per heavy atom. The molecule has 0 radical (unpaired) electrons. The predicted octanol–water partition coefficient (Wildman–Crippen LogP) is 0.260. The van der Waals surface area contributed by atoms with Crippen molar-refractivity contribution in [1.82, 2.24) is 9.88 Å². The topological polar surface area (TPSA) is 114 Å². The van der Waals surface area contributed by atoms with Gasteiger partial charge in [0.1, 0.15) is 11.7 Å². The van der Waals surface area contributed by atoms with Crippen molar-refractivity contribution in [2.75, 3.05) is 6.54 Å². The van der Waals surface area contributed by atoms with Crippen LogP contribution in [0.1, 0.15) is 40.1 Å². The van der Waals surface area contributed by atoms with Crippen LogP contribution in [-0.2, 0) is 4.79 Å². The minimum absolute atomic E-state index is 0.114. The molecule has 1 aromatic heterocycles. The minimum Gasteiger partial charge on any atom is -0.480 e. The molecule has 106 valence electrons. The van der Waals surface area contributed by atoms with Gasteiger partial charge in [-0.2, -0.15) is 0 Å². The summed E-state index contributed by atoms with van der Waals surface area (Å²) >= 11 is 0. The van der Waals surface area contributed by atoms with E-state index in [0.29, 0.717) is 13.0 Å². The molecule has 7 nitrogen and oxygen atoms in total. The lowest BCUT2D eigenvalue weighted by Gasteiger charge is -2.32. The molecule has 2 amide bonds. The highest BCUT2D eigenvalue weighted by Gasteiger charge is 2.32. The second kappa shape index (κ2) is 5.68. The van der Waals surface area contributed by atoms with Crippen LogP contribution in [0.15, 0.2) is 18.3 Å². The average molecular weight is 277 g/mol. The lowest BCUT2D eigenvalue weighted by molar-refractivity contribution is -0.143. The van der Waals surface area contributed by atoms with Crippen LogP contribution in [0.4, 0.5) is 0 Å². The van der Waals surface area contributed by atoms with E-state index in [-0.39, 0.29) is 11.3 Å². The summed E-state index contributed by atoms with van der Waals surface area (Å²) in [7, 11) is 0. The molecule has 0 saturated carbocycles. The fourth-order valence-corrected chi connectivity index (χ4v) is 2.24. The monoisotopic (exact) mass is 277 g/mol. The molecular formula is C13H15N3O4. The molecule has 7 heteroatoms. The molecule has 20 heavy (non-hydrogen) atoms. The van der Waals surface area contributed by atoms with Gasteiger partial charge in [0.25, 0.3) is 5.91 Å². The molecule has 1 aliphatic rings. The SMILES string of the molecule is NC(=O)c1ccc(C(=O)N2CCCC[C@H]2C(=O)O)nc1. The number of hydrogen-bond donors (Lipinski definition) is 2. The molecule has 0 spiro atoms. The Balaban J connectivity index is 2.20. The number of pyridine rings is 1. The lowest BCUT2D eigenvalue weighted by Crippen LogP contribution is -2.48. The zero-order valence-electron chi connectivity index (χ0n) is 10.8. The van der Waals surface area contributed by atoms with Gasteiger partial charge in [0.2, 0.25) is 5.91 Å². The zero-order valence-corrected chi connectivity index (χ0v) is 10.8. The van der Waals surface area contributed by atoms with Crippen LogP contribution < -0.4 is 5.73 Å². The molecular weight excluding hydrogens is 262 g/mol. The van der Waals surface area contributed by atoms with E-state index >= 15 is 0 Å². The maximum absolute atomic E-state index is 12.3. The smallest absolute Gasteiger partial charge is 0.326 e. The van der Waals surface area contributed by atoms with Crippen molar-refractivity contribution in [3.05, 3.63) is 29.6 Å². The number of nitrogens with zero attached hydrogens (tertiary/aromatic N) is 2. The van der Waals surface area contributed by atoms with E-state index in [4.69, 9.17) is 10.8 Å². The fourth-order valence-electron chi connectivity index (χ4n) is 2.24. The molecule has 3 N–H and O–H groups in total. The summed E-state index contributed by atoms with van der Waals surface area (Å²) in [5, 5.41) is 9.15. The second-order valence-electron chi connectivity index (χ2n) is 4.64. The molecule has 0 aliphatic carbocycles. The fraction of sp³-hybridized carbons (Fsp3) is 0.385. The van der Waals surface area contributed by atoms with Crippen molar-refractivity contribution in [1.29, 1.82) is 0 Å². The largest absolute Gasteiger partial charge is 0.480 e. The van der Waals surface area contributed by atoms with E-state index in [9.17, 15) is 14.4 Å². The predicted molar refractivity (Wildman–Crippen MR) is 69.1 cm³/mol. The first kappa shape index (κ1) is 14.0. The highest BCUT2D eigenvalue weighted by molar-refractivity contribution is 5.97. The summed E-state index contributed by atoms with van der Waals surface area (Å²) in [4.78, 5) is 39.6. The quantitative estimate of drug-likeness (QED) is 0.822. The number of primary amides is 1. The van der Waals surface area contributed by atoms with Crippen molar-refractivity contribution >= 4 is 17.8 Å². The van der Waals surface area contributed by atoms with Crippen molar-refractivity contribution in [2.45, 2.75) is 25.3 Å². The first-order chi connectivity index (χ1) is 9.50. The van der Waals surface area contributed by atoms with Gasteiger partial charge in [0, 0.05) is 12.7 Å². The van der Waals surface area contributed by atoms with Crippen LogP contribution in [-0.4, -0.2) is 45.4 Å². The van der Waals surface area contributed by atoms with Crippen LogP contribution in [0.25, 0.3) is 0 Å². The van der Waals surface area contributed by atoms with Crippen molar-refractivity contribution in [2.24, 2.45) is 5.73 Å². The van der Waals surface area contributed by atoms with Gasteiger partial charge in [-0.15, -0.1) is 0 Å². The molecule has 1 atom stereocenters. The first-order valence-electron chi connectivity index (χ1n) is 6.30. The Morgan fingerprint density at radius 1 is 1.30 bits per heavy atom. The molecule has 2 rings (SSSR count). The highest BCUT2D eigenvalue weighted by Crippen LogP contribution is 2.19. The van der Waals surface area contributed by atoms with Gasteiger partial charge in [-0.3, -0.25) is 14.6 Å². The van der Waals surface area contributed by atoms with Gasteiger partial charge < -0.3 is 15.7 Å². The van der Waals surface area contributed by atoms with Crippen LogP contribution in [0.3, 0.4) is 0 Å². The number of carboxylic acid groups (broad SMARTS) is 1. The van der Waals surface area contributed by atoms with Crippen molar-refractivity contribution < 1.29 is 19.5 Å². The minimum atomic E-state index is -1.01. The first-order valence-corrected chi connectivity index (χ1v) is 6.30. The standard InChI is InChI=1S/C13H15N3O4/c14-11(17)8-4-5-9(15-7-8)12(18)16-6-2-1-3-10(16)13(19)20/h4-5,7,10H,1-3,6H2,(H2,14,17)(H,19,20)/t10-/m0/s1. The van der Waals surface area contributed by atoms with E-state index in [1.165, 1.54) is 23.2 Å². The van der Waals surface area contributed by atoms with E-state index in [2.05, 4.69) is 4.98 Å². The third-order valence-electron chi connectivity index (χ3n) is 3.32. The van der Waals surface area contributed by atoms with E-state index in [1.807, 2.05) is 0 Å². The summed E-state index contributed by atoms with van der Waals surface area (Å²) in [6.45, 7) is 0.398. The number of nitrogens with two attached hydrogens (primary N) is 1. The van der Waals surface area contributed by atoms with Gasteiger partial charge in [-0.1, -0.05) is 0 Å². The summed E-state index contributed by atoms with van der Waals surface area (Å²) in [5.74, 6) is -2.07. The molecule has 0 bridgehead atoms. The number of piperidine rings is 1. The molecule has 1 saturated heterocycles. The Labute approximate surface area is 115 Å². The maximum atomic E-state index is 12.3. The maximum Gasteiger partial charge on any atom is 0.326 e. The molecule has 0 unspecified atom stereocenters. The molecule has 1 fully saturated rings. The van der Waals surface area contributed by atoms with Gasteiger partial charge >= 0.3 is 5.97 Å². The Bertz CT molecular complexity index is 541. The third kappa shape index (κ3) is 2.76. The van der Waals surface area contributed by atoms with Crippen LogP contribution >= 0.6 is 0 Å². The number of aromatic nitrogens is 1. The number of carbonyl (C=O) groups excluding carboxylic acids is 2. The second-order valence-corrected chi connectivity index (χ2v) is 4.64. The van der Waals surface area contributed by atoms with Gasteiger partial charge in [0.15, 0.2) is 0 Å². The van der Waals surface area contributed by atoms with Crippen LogP contribution in [0.2, 0.25) is 0 Å². The number of amides is 2. The third-order valence-corrected chi connectivity index (χ3v) is 3.32. The summed E-state index contributed by atoms with van der Waals surface area (Å²) in [6, 6.07) is 1.98. The average Bonchev–Trinajstić information content (AvgIpc) is 2.46. The van der Waals surface area contributed by atoms with Crippen LogP contribution in [0, 0.1) is 0 Å².